The maximum Gasteiger partial charge on any atom is 0.269 e. The van der Waals surface area contributed by atoms with Crippen molar-refractivity contribution in [1.29, 1.82) is 0 Å². The highest BCUT2D eigenvalue weighted by Crippen LogP contribution is 2.25. The molecule has 0 amide bonds. The molecule has 2 aromatic rings. The molecule has 0 heterocycles. The molecule has 5 nitrogen and oxygen atoms in total. The highest BCUT2D eigenvalue weighted by atomic mass is 16.6. The molecule has 1 unspecified atom stereocenters. The number of nitrogens with zero attached hydrogens (tertiary/aromatic N) is 1. The smallest absolute Gasteiger partial charge is 0.269 e. The summed E-state index contributed by atoms with van der Waals surface area (Å²) in [7, 11) is 0. The van der Waals surface area contributed by atoms with E-state index in [4.69, 9.17) is 5.11 Å². The third kappa shape index (κ3) is 3.79. The average molecular weight is 286 g/mol. The first-order chi connectivity index (χ1) is 10.1. The molecule has 0 spiro atoms. The summed E-state index contributed by atoms with van der Waals surface area (Å²) in [6.07, 6.45) is 0.808. The molecule has 2 aromatic carbocycles. The standard InChI is InChI=1S/C16H18N2O3/c1-2-16(13-4-3-5-15(10-13)18(20)21)17-14-8-6-12(11-19)7-9-14/h3-10,16-17,19H,2,11H2,1H3. The lowest BCUT2D eigenvalue weighted by atomic mass is 10.0. The van der Waals surface area contributed by atoms with Crippen molar-refractivity contribution in [3.05, 3.63) is 69.8 Å². The second kappa shape index (κ2) is 6.85. The normalized spacial score (nSPS) is 11.9. The van der Waals surface area contributed by atoms with Crippen LogP contribution in [0.2, 0.25) is 0 Å². The molecule has 0 aliphatic carbocycles. The summed E-state index contributed by atoms with van der Waals surface area (Å²) in [5.41, 5.74) is 2.76. The lowest BCUT2D eigenvalue weighted by Crippen LogP contribution is -2.10. The third-order valence-corrected chi connectivity index (χ3v) is 3.37. The number of anilines is 1. The summed E-state index contributed by atoms with van der Waals surface area (Å²) >= 11 is 0. The Morgan fingerprint density at radius 3 is 2.52 bits per heavy atom. The Balaban J connectivity index is 2.18. The third-order valence-electron chi connectivity index (χ3n) is 3.37. The van der Waals surface area contributed by atoms with E-state index < -0.39 is 0 Å². The van der Waals surface area contributed by atoms with Gasteiger partial charge in [0.2, 0.25) is 0 Å². The van der Waals surface area contributed by atoms with Crippen LogP contribution in [-0.2, 0) is 6.61 Å². The number of rotatable bonds is 6. The van der Waals surface area contributed by atoms with Gasteiger partial charge in [0.1, 0.15) is 0 Å². The van der Waals surface area contributed by atoms with Crippen molar-refractivity contribution in [1.82, 2.24) is 0 Å². The topological polar surface area (TPSA) is 75.4 Å². The van der Waals surface area contributed by atoms with E-state index in [0.29, 0.717) is 0 Å². The largest absolute Gasteiger partial charge is 0.392 e. The van der Waals surface area contributed by atoms with Gasteiger partial charge in [-0.15, -0.1) is 0 Å². The first-order valence-electron chi connectivity index (χ1n) is 6.84. The number of aliphatic hydroxyl groups excluding tert-OH is 1. The summed E-state index contributed by atoms with van der Waals surface area (Å²) < 4.78 is 0. The van der Waals surface area contributed by atoms with Crippen LogP contribution in [0.25, 0.3) is 0 Å². The molecule has 2 N–H and O–H groups in total. The molecule has 5 heteroatoms. The number of hydrogen-bond donors (Lipinski definition) is 2. The van der Waals surface area contributed by atoms with E-state index in [-0.39, 0.29) is 23.3 Å². The Labute approximate surface area is 123 Å². The maximum atomic E-state index is 10.9. The van der Waals surface area contributed by atoms with Crippen LogP contribution < -0.4 is 5.32 Å². The van der Waals surface area contributed by atoms with E-state index in [9.17, 15) is 10.1 Å². The van der Waals surface area contributed by atoms with Crippen LogP contribution in [0.3, 0.4) is 0 Å². The van der Waals surface area contributed by atoms with E-state index in [1.54, 1.807) is 12.1 Å². The van der Waals surface area contributed by atoms with Crippen LogP contribution in [-0.4, -0.2) is 10.0 Å². The molecule has 0 radical (unpaired) electrons. The molecule has 0 saturated carbocycles. The number of hydrogen-bond acceptors (Lipinski definition) is 4. The van der Waals surface area contributed by atoms with Gasteiger partial charge < -0.3 is 10.4 Å². The number of benzene rings is 2. The zero-order valence-corrected chi connectivity index (χ0v) is 11.8. The monoisotopic (exact) mass is 286 g/mol. The van der Waals surface area contributed by atoms with Crippen molar-refractivity contribution >= 4 is 11.4 Å². The fourth-order valence-electron chi connectivity index (χ4n) is 2.18. The van der Waals surface area contributed by atoms with E-state index in [2.05, 4.69) is 5.32 Å². The first-order valence-corrected chi connectivity index (χ1v) is 6.84. The van der Waals surface area contributed by atoms with Gasteiger partial charge in [-0.2, -0.15) is 0 Å². The fraction of sp³-hybridized carbons (Fsp3) is 0.250. The Kier molecular flexibility index (Phi) is 4.90. The van der Waals surface area contributed by atoms with Gasteiger partial charge in [0.15, 0.2) is 0 Å². The van der Waals surface area contributed by atoms with Crippen LogP contribution in [0.4, 0.5) is 11.4 Å². The number of non-ortho nitro benzene ring substituents is 1. The highest BCUT2D eigenvalue weighted by molar-refractivity contribution is 5.48. The number of nitrogens with one attached hydrogen (secondary N) is 1. The van der Waals surface area contributed by atoms with Crippen LogP contribution in [0.1, 0.15) is 30.5 Å². The molecule has 0 bridgehead atoms. The van der Waals surface area contributed by atoms with Gasteiger partial charge in [-0.3, -0.25) is 10.1 Å². The van der Waals surface area contributed by atoms with Gasteiger partial charge in [-0.05, 0) is 29.7 Å². The van der Waals surface area contributed by atoms with Gasteiger partial charge in [-0.25, -0.2) is 0 Å². The number of nitro groups is 1. The summed E-state index contributed by atoms with van der Waals surface area (Å²) in [5.74, 6) is 0. The molecule has 1 atom stereocenters. The Hall–Kier alpha value is -2.40. The molecular formula is C16H18N2O3. The van der Waals surface area contributed by atoms with Gasteiger partial charge in [0.05, 0.1) is 17.6 Å². The van der Waals surface area contributed by atoms with Crippen LogP contribution in [0.15, 0.2) is 48.5 Å². The van der Waals surface area contributed by atoms with Gasteiger partial charge in [0.25, 0.3) is 5.69 Å². The second-order valence-electron chi connectivity index (χ2n) is 4.81. The molecule has 2 rings (SSSR count). The lowest BCUT2D eigenvalue weighted by molar-refractivity contribution is -0.384. The zero-order chi connectivity index (χ0) is 15.2. The molecular weight excluding hydrogens is 268 g/mol. The van der Waals surface area contributed by atoms with Crippen molar-refractivity contribution in [3.8, 4) is 0 Å². The first kappa shape index (κ1) is 15.0. The summed E-state index contributed by atoms with van der Waals surface area (Å²) in [6.45, 7) is 2.04. The SMILES string of the molecule is CCC(Nc1ccc(CO)cc1)c1cccc([N+](=O)[O-])c1. The van der Waals surface area contributed by atoms with Gasteiger partial charge in [0, 0.05) is 17.8 Å². The molecule has 0 fully saturated rings. The summed E-state index contributed by atoms with van der Waals surface area (Å²) in [4.78, 5) is 10.5. The summed E-state index contributed by atoms with van der Waals surface area (Å²) in [5, 5.41) is 23.2. The van der Waals surface area contributed by atoms with Crippen LogP contribution in [0.5, 0.6) is 0 Å². The van der Waals surface area contributed by atoms with Gasteiger partial charge in [-0.1, -0.05) is 31.2 Å². The minimum absolute atomic E-state index is 0.00452. The highest BCUT2D eigenvalue weighted by Gasteiger charge is 2.13. The second-order valence-corrected chi connectivity index (χ2v) is 4.81. The molecule has 110 valence electrons. The number of nitro benzene ring substituents is 1. The molecule has 21 heavy (non-hydrogen) atoms. The van der Waals surface area contributed by atoms with Crippen molar-refractivity contribution in [2.45, 2.75) is 26.0 Å². The minimum Gasteiger partial charge on any atom is -0.392 e. The maximum absolute atomic E-state index is 10.9. The molecule has 0 aromatic heterocycles. The lowest BCUT2D eigenvalue weighted by Gasteiger charge is -2.19. The summed E-state index contributed by atoms with van der Waals surface area (Å²) in [6, 6.07) is 14.2. The number of aliphatic hydroxyl groups is 1. The Morgan fingerprint density at radius 2 is 1.95 bits per heavy atom. The van der Waals surface area contributed by atoms with E-state index in [1.165, 1.54) is 6.07 Å². The minimum atomic E-state index is -0.383. The quantitative estimate of drug-likeness (QED) is 0.628. The molecule has 0 aliphatic heterocycles. The molecule has 0 aliphatic rings. The predicted octanol–water partition coefficient (Wildman–Crippen LogP) is 3.65. The van der Waals surface area contributed by atoms with E-state index >= 15 is 0 Å². The fourth-order valence-corrected chi connectivity index (χ4v) is 2.18. The predicted molar refractivity (Wildman–Crippen MR) is 82.1 cm³/mol. The van der Waals surface area contributed by atoms with Crippen LogP contribution >= 0.6 is 0 Å². The van der Waals surface area contributed by atoms with E-state index in [0.717, 1.165) is 23.2 Å². The Morgan fingerprint density at radius 1 is 1.24 bits per heavy atom. The molecule has 0 saturated heterocycles. The van der Waals surface area contributed by atoms with Crippen molar-refractivity contribution in [3.63, 3.8) is 0 Å². The van der Waals surface area contributed by atoms with E-state index in [1.807, 2.05) is 37.3 Å². The average Bonchev–Trinajstić information content (AvgIpc) is 2.53. The van der Waals surface area contributed by atoms with Crippen molar-refractivity contribution < 1.29 is 10.0 Å². The van der Waals surface area contributed by atoms with Crippen molar-refractivity contribution in [2.75, 3.05) is 5.32 Å². The van der Waals surface area contributed by atoms with Gasteiger partial charge >= 0.3 is 0 Å². The zero-order valence-electron chi connectivity index (χ0n) is 11.8. The van der Waals surface area contributed by atoms with Crippen LogP contribution in [0, 0.1) is 10.1 Å². The van der Waals surface area contributed by atoms with Crippen molar-refractivity contribution in [2.24, 2.45) is 0 Å². The Bertz CT molecular complexity index is 611.